The third-order valence-electron chi connectivity index (χ3n) is 2.34. The van der Waals surface area contributed by atoms with Gasteiger partial charge in [-0.2, -0.15) is 0 Å². The van der Waals surface area contributed by atoms with Crippen molar-refractivity contribution >= 4 is 17.7 Å². The summed E-state index contributed by atoms with van der Waals surface area (Å²) < 4.78 is 65.9. The van der Waals surface area contributed by atoms with E-state index in [0.29, 0.717) is 0 Å². The average molecular weight is 321 g/mol. The summed E-state index contributed by atoms with van der Waals surface area (Å²) in [5.74, 6) is -11.7. The van der Waals surface area contributed by atoms with Crippen LogP contribution in [0.5, 0.6) is 0 Å². The Balaban J connectivity index is 2.50. The molecule has 1 aromatic carbocycles. The average Bonchev–Trinajstić information content (AvgIpc) is 2.48. The Hall–Kier alpha value is -2.16. The maximum Gasteiger partial charge on any atom is 0.354 e. The number of aromatic carboxylic acids is 1. The van der Waals surface area contributed by atoms with Crippen LogP contribution < -0.4 is 0 Å². The van der Waals surface area contributed by atoms with Crippen molar-refractivity contribution in [2.45, 2.75) is 9.79 Å². The Bertz CT molecular complexity index is 709. The van der Waals surface area contributed by atoms with Gasteiger partial charge in [0.15, 0.2) is 23.3 Å². The monoisotopic (exact) mass is 321 g/mol. The van der Waals surface area contributed by atoms with Gasteiger partial charge in [0.2, 0.25) is 5.82 Å². The van der Waals surface area contributed by atoms with Crippen LogP contribution in [-0.4, -0.2) is 16.1 Å². The summed E-state index contributed by atoms with van der Waals surface area (Å²) in [6.07, 6.45) is 1.04. The second-order valence-electron chi connectivity index (χ2n) is 3.68. The molecule has 0 aliphatic heterocycles. The molecular formula is C12H4F5NO2S. The Kier molecular flexibility index (Phi) is 4.12. The van der Waals surface area contributed by atoms with Gasteiger partial charge < -0.3 is 5.11 Å². The third kappa shape index (κ3) is 2.82. The fourth-order valence-electron chi connectivity index (χ4n) is 1.38. The Labute approximate surface area is 118 Å². The van der Waals surface area contributed by atoms with Gasteiger partial charge in [0.1, 0.15) is 5.69 Å². The lowest BCUT2D eigenvalue weighted by molar-refractivity contribution is 0.0690. The molecule has 0 fully saturated rings. The van der Waals surface area contributed by atoms with Crippen molar-refractivity contribution < 1.29 is 31.9 Å². The highest BCUT2D eigenvalue weighted by Gasteiger charge is 2.26. The maximum atomic E-state index is 13.5. The summed E-state index contributed by atoms with van der Waals surface area (Å²) in [6, 6.07) is 2.13. The third-order valence-corrected chi connectivity index (χ3v) is 3.39. The Morgan fingerprint density at radius 3 is 2.05 bits per heavy atom. The number of rotatable bonds is 3. The van der Waals surface area contributed by atoms with Gasteiger partial charge in [-0.15, -0.1) is 0 Å². The van der Waals surface area contributed by atoms with E-state index in [1.807, 2.05) is 0 Å². The molecule has 21 heavy (non-hydrogen) atoms. The predicted molar refractivity (Wildman–Crippen MR) is 61.6 cm³/mol. The number of carbonyl (C=O) groups is 1. The molecule has 0 atom stereocenters. The number of hydrogen-bond acceptors (Lipinski definition) is 3. The van der Waals surface area contributed by atoms with Crippen molar-refractivity contribution in [1.29, 1.82) is 0 Å². The minimum absolute atomic E-state index is 0.0365. The van der Waals surface area contributed by atoms with E-state index in [0.717, 1.165) is 12.3 Å². The van der Waals surface area contributed by atoms with Crippen molar-refractivity contribution in [3.8, 4) is 0 Å². The Morgan fingerprint density at radius 2 is 1.52 bits per heavy atom. The van der Waals surface area contributed by atoms with Gasteiger partial charge in [0.05, 0.1) is 4.90 Å². The number of aromatic nitrogens is 1. The van der Waals surface area contributed by atoms with Gasteiger partial charge in [0, 0.05) is 11.1 Å². The van der Waals surface area contributed by atoms with Crippen LogP contribution >= 0.6 is 11.8 Å². The number of carboxylic acids is 1. The molecule has 110 valence electrons. The highest BCUT2D eigenvalue weighted by molar-refractivity contribution is 7.99. The van der Waals surface area contributed by atoms with Crippen LogP contribution in [0.2, 0.25) is 0 Å². The minimum atomic E-state index is -2.25. The quantitative estimate of drug-likeness (QED) is 0.533. The highest BCUT2D eigenvalue weighted by Crippen LogP contribution is 2.35. The molecule has 2 aromatic rings. The molecule has 1 heterocycles. The van der Waals surface area contributed by atoms with Gasteiger partial charge in [-0.1, -0.05) is 11.8 Å². The number of hydrogen-bond donors (Lipinski definition) is 1. The maximum absolute atomic E-state index is 13.5. The van der Waals surface area contributed by atoms with Gasteiger partial charge >= 0.3 is 5.97 Å². The second kappa shape index (κ2) is 5.68. The predicted octanol–water partition coefficient (Wildman–Crippen LogP) is 3.63. The van der Waals surface area contributed by atoms with Crippen molar-refractivity contribution in [2.75, 3.05) is 0 Å². The van der Waals surface area contributed by atoms with Gasteiger partial charge in [-0.05, 0) is 12.1 Å². The van der Waals surface area contributed by atoms with E-state index < -0.39 is 45.6 Å². The Morgan fingerprint density at radius 1 is 1.00 bits per heavy atom. The van der Waals surface area contributed by atoms with Crippen molar-refractivity contribution in [3.05, 3.63) is 53.1 Å². The fourth-order valence-corrected chi connectivity index (χ4v) is 2.28. The van der Waals surface area contributed by atoms with E-state index in [9.17, 15) is 26.7 Å². The molecule has 0 bridgehead atoms. The number of pyridine rings is 1. The van der Waals surface area contributed by atoms with E-state index >= 15 is 0 Å². The molecule has 3 nitrogen and oxygen atoms in total. The van der Waals surface area contributed by atoms with Crippen LogP contribution in [0, 0.1) is 29.1 Å². The zero-order valence-corrected chi connectivity index (χ0v) is 10.6. The number of halogens is 5. The van der Waals surface area contributed by atoms with E-state index in [1.165, 1.54) is 6.07 Å². The topological polar surface area (TPSA) is 50.2 Å². The first kappa shape index (κ1) is 15.2. The van der Waals surface area contributed by atoms with Crippen LogP contribution in [-0.2, 0) is 0 Å². The van der Waals surface area contributed by atoms with Crippen molar-refractivity contribution in [1.82, 2.24) is 4.98 Å². The molecule has 0 unspecified atom stereocenters. The lowest BCUT2D eigenvalue weighted by atomic mass is 10.3. The van der Waals surface area contributed by atoms with Crippen LogP contribution in [0.25, 0.3) is 0 Å². The van der Waals surface area contributed by atoms with Gasteiger partial charge in [-0.25, -0.2) is 31.7 Å². The second-order valence-corrected chi connectivity index (χ2v) is 4.77. The van der Waals surface area contributed by atoms with E-state index in [4.69, 9.17) is 5.11 Å². The summed E-state index contributed by atoms with van der Waals surface area (Å²) in [4.78, 5) is 13.0. The highest BCUT2D eigenvalue weighted by atomic mass is 32.2. The SMILES string of the molecule is O=C(O)c1cc(Sc2c(F)c(F)c(F)c(F)c2F)ccn1. The molecule has 2 rings (SSSR count). The normalized spacial score (nSPS) is 10.7. The minimum Gasteiger partial charge on any atom is -0.477 e. The zero-order chi connectivity index (χ0) is 15.7. The molecular weight excluding hydrogens is 317 g/mol. The van der Waals surface area contributed by atoms with Crippen LogP contribution in [0.1, 0.15) is 10.5 Å². The first-order chi connectivity index (χ1) is 9.82. The first-order valence-electron chi connectivity index (χ1n) is 5.21. The van der Waals surface area contributed by atoms with Gasteiger partial charge in [-0.3, -0.25) is 0 Å². The lowest BCUT2D eigenvalue weighted by Gasteiger charge is -2.08. The van der Waals surface area contributed by atoms with Gasteiger partial charge in [0.25, 0.3) is 0 Å². The fraction of sp³-hybridized carbons (Fsp3) is 0. The van der Waals surface area contributed by atoms with E-state index in [2.05, 4.69) is 4.98 Å². The summed E-state index contributed by atoms with van der Waals surface area (Å²) in [5.41, 5.74) is -0.427. The molecule has 0 saturated carbocycles. The number of carboxylic acid groups (broad SMARTS) is 1. The largest absolute Gasteiger partial charge is 0.477 e. The molecule has 0 radical (unpaired) electrons. The lowest BCUT2D eigenvalue weighted by Crippen LogP contribution is -2.03. The molecule has 0 saturated heterocycles. The molecule has 0 spiro atoms. The molecule has 0 aliphatic rings. The standard InChI is InChI=1S/C12H4F5NO2S/c13-6-7(14)9(16)11(10(17)8(6)15)21-4-1-2-18-5(3-4)12(19)20/h1-3H,(H,19,20). The summed E-state index contributed by atoms with van der Waals surface area (Å²) in [7, 11) is 0. The first-order valence-corrected chi connectivity index (χ1v) is 6.03. The summed E-state index contributed by atoms with van der Waals surface area (Å²) in [5, 5.41) is 8.72. The van der Waals surface area contributed by atoms with Crippen molar-refractivity contribution in [2.24, 2.45) is 0 Å². The molecule has 1 aromatic heterocycles. The van der Waals surface area contributed by atoms with Crippen LogP contribution in [0.3, 0.4) is 0 Å². The molecule has 0 aliphatic carbocycles. The molecule has 1 N–H and O–H groups in total. The van der Waals surface area contributed by atoms with E-state index in [1.54, 1.807) is 0 Å². The van der Waals surface area contributed by atoms with E-state index in [-0.39, 0.29) is 16.7 Å². The summed E-state index contributed by atoms with van der Waals surface area (Å²) in [6.45, 7) is 0. The van der Waals surface area contributed by atoms with Crippen LogP contribution in [0.4, 0.5) is 22.0 Å². The zero-order valence-electron chi connectivity index (χ0n) is 9.83. The summed E-state index contributed by atoms with van der Waals surface area (Å²) >= 11 is 0.209. The van der Waals surface area contributed by atoms with Crippen LogP contribution in [0.15, 0.2) is 28.1 Å². The molecule has 9 heteroatoms. The number of benzene rings is 1. The van der Waals surface area contributed by atoms with Crippen molar-refractivity contribution in [3.63, 3.8) is 0 Å². The smallest absolute Gasteiger partial charge is 0.354 e. The molecule has 0 amide bonds. The number of nitrogens with zero attached hydrogens (tertiary/aromatic N) is 1.